The van der Waals surface area contributed by atoms with E-state index in [1.165, 1.54) is 7.11 Å². The van der Waals surface area contributed by atoms with Crippen LogP contribution in [0.2, 0.25) is 0 Å². The smallest absolute Gasteiger partial charge is 0.190 e. The van der Waals surface area contributed by atoms with E-state index < -0.39 is 6.29 Å². The molecule has 80 valence electrons. The van der Waals surface area contributed by atoms with Gasteiger partial charge in [-0.3, -0.25) is 4.79 Å². The summed E-state index contributed by atoms with van der Waals surface area (Å²) in [5.41, 5.74) is 0.868. The Morgan fingerprint density at radius 1 is 1.40 bits per heavy atom. The summed E-state index contributed by atoms with van der Waals surface area (Å²) in [6, 6.07) is 9.51. The molecular weight excluding hydrogens is 194 g/mol. The van der Waals surface area contributed by atoms with E-state index >= 15 is 0 Å². The molecule has 1 aliphatic rings. The van der Waals surface area contributed by atoms with Crippen molar-refractivity contribution in [1.29, 1.82) is 0 Å². The van der Waals surface area contributed by atoms with Crippen molar-refractivity contribution in [2.24, 2.45) is 0 Å². The van der Waals surface area contributed by atoms with Crippen molar-refractivity contribution < 1.29 is 14.4 Å². The summed E-state index contributed by atoms with van der Waals surface area (Å²) < 4.78 is 5.03. The highest BCUT2D eigenvalue weighted by atomic mass is 16.8. The molecule has 0 radical (unpaired) electrons. The Morgan fingerprint density at radius 3 is 2.80 bits per heavy atom. The lowest BCUT2D eigenvalue weighted by Crippen LogP contribution is -2.42. The molecule has 4 heteroatoms. The lowest BCUT2D eigenvalue weighted by atomic mass is 10.2. The molecule has 1 aromatic carbocycles. The summed E-state index contributed by atoms with van der Waals surface area (Å²) in [7, 11) is 1.53. The standard InChI is InChI=1S/C11H13NO3/c1-14-11-7-10(13)8-12(15-11)9-5-3-2-4-6-9/h2-6,11H,7-8H2,1H3. The number of hydrogen-bond donors (Lipinski definition) is 0. The highest BCUT2D eigenvalue weighted by Gasteiger charge is 2.26. The molecule has 1 unspecified atom stereocenters. The number of hydroxylamine groups is 1. The highest BCUT2D eigenvalue weighted by Crippen LogP contribution is 2.20. The Balaban J connectivity index is 2.12. The van der Waals surface area contributed by atoms with Gasteiger partial charge in [-0.15, -0.1) is 0 Å². The van der Waals surface area contributed by atoms with E-state index in [1.807, 2.05) is 30.3 Å². The first-order valence-corrected chi connectivity index (χ1v) is 4.83. The summed E-state index contributed by atoms with van der Waals surface area (Å²) in [5, 5.41) is 1.57. The van der Waals surface area contributed by atoms with Crippen LogP contribution < -0.4 is 5.06 Å². The van der Waals surface area contributed by atoms with Crippen molar-refractivity contribution in [2.75, 3.05) is 18.7 Å². The Morgan fingerprint density at radius 2 is 2.13 bits per heavy atom. The van der Waals surface area contributed by atoms with E-state index in [9.17, 15) is 4.79 Å². The van der Waals surface area contributed by atoms with E-state index in [-0.39, 0.29) is 12.3 Å². The third-order valence-corrected chi connectivity index (χ3v) is 2.27. The number of nitrogens with zero attached hydrogens (tertiary/aromatic N) is 1. The number of anilines is 1. The lowest BCUT2D eigenvalue weighted by molar-refractivity contribution is -0.165. The molecule has 0 saturated carbocycles. The molecule has 0 aromatic heterocycles. The number of rotatable bonds is 2. The van der Waals surface area contributed by atoms with Gasteiger partial charge < -0.3 is 4.74 Å². The van der Waals surface area contributed by atoms with Crippen molar-refractivity contribution in [1.82, 2.24) is 0 Å². The number of carbonyl (C=O) groups is 1. The van der Waals surface area contributed by atoms with Gasteiger partial charge in [0.15, 0.2) is 12.1 Å². The van der Waals surface area contributed by atoms with Crippen LogP contribution >= 0.6 is 0 Å². The van der Waals surface area contributed by atoms with E-state index in [0.29, 0.717) is 6.42 Å². The molecule has 1 aromatic rings. The van der Waals surface area contributed by atoms with Crippen molar-refractivity contribution in [3.05, 3.63) is 30.3 Å². The Bertz CT molecular complexity index is 339. The maximum Gasteiger partial charge on any atom is 0.190 e. The van der Waals surface area contributed by atoms with Gasteiger partial charge in [-0.1, -0.05) is 18.2 Å². The molecule has 0 bridgehead atoms. The molecule has 1 saturated heterocycles. The second-order valence-corrected chi connectivity index (χ2v) is 3.39. The average Bonchev–Trinajstić information content (AvgIpc) is 2.29. The van der Waals surface area contributed by atoms with Gasteiger partial charge in [-0.25, -0.2) is 9.90 Å². The van der Waals surface area contributed by atoms with Gasteiger partial charge in [0.1, 0.15) is 6.54 Å². The van der Waals surface area contributed by atoms with Crippen molar-refractivity contribution in [3.8, 4) is 0 Å². The second kappa shape index (κ2) is 4.42. The predicted octanol–water partition coefficient (Wildman–Crippen LogP) is 1.37. The van der Waals surface area contributed by atoms with Crippen LogP contribution in [0.5, 0.6) is 0 Å². The van der Waals surface area contributed by atoms with Crippen LogP contribution in [0.15, 0.2) is 30.3 Å². The van der Waals surface area contributed by atoms with Gasteiger partial charge >= 0.3 is 0 Å². The minimum absolute atomic E-state index is 0.122. The van der Waals surface area contributed by atoms with E-state index in [4.69, 9.17) is 9.57 Å². The van der Waals surface area contributed by atoms with Crippen molar-refractivity contribution in [3.63, 3.8) is 0 Å². The SMILES string of the molecule is COC1CC(=O)CN(c2ccccc2)O1. The number of para-hydroxylation sites is 1. The maximum absolute atomic E-state index is 11.4. The van der Waals surface area contributed by atoms with Crippen molar-refractivity contribution >= 4 is 11.5 Å². The minimum Gasteiger partial charge on any atom is -0.353 e. The van der Waals surface area contributed by atoms with Crippen LogP contribution in [0.3, 0.4) is 0 Å². The van der Waals surface area contributed by atoms with Gasteiger partial charge in [-0.2, -0.15) is 0 Å². The number of benzene rings is 1. The lowest BCUT2D eigenvalue weighted by Gasteiger charge is -2.31. The Kier molecular flexibility index (Phi) is 2.99. The summed E-state index contributed by atoms with van der Waals surface area (Å²) >= 11 is 0. The van der Waals surface area contributed by atoms with Crippen LogP contribution in [-0.2, 0) is 14.4 Å². The van der Waals surface area contributed by atoms with Gasteiger partial charge in [-0.05, 0) is 12.1 Å². The van der Waals surface area contributed by atoms with Crippen LogP contribution in [-0.4, -0.2) is 25.7 Å². The molecule has 0 amide bonds. The average molecular weight is 207 g/mol. The monoisotopic (exact) mass is 207 g/mol. The molecule has 2 rings (SSSR count). The van der Waals surface area contributed by atoms with Crippen molar-refractivity contribution in [2.45, 2.75) is 12.7 Å². The molecule has 0 spiro atoms. The Labute approximate surface area is 88.4 Å². The summed E-state index contributed by atoms with van der Waals surface area (Å²) in [5.74, 6) is 0.122. The maximum atomic E-state index is 11.4. The predicted molar refractivity (Wildman–Crippen MR) is 55.3 cm³/mol. The number of carbonyl (C=O) groups excluding carboxylic acids is 1. The minimum atomic E-state index is -0.466. The fourth-order valence-electron chi connectivity index (χ4n) is 1.50. The van der Waals surface area contributed by atoms with Crippen LogP contribution in [0, 0.1) is 0 Å². The number of Topliss-reactive ketones (excluding diaryl/α,β-unsaturated/α-hetero) is 1. The quantitative estimate of drug-likeness (QED) is 0.734. The molecule has 1 heterocycles. The third kappa shape index (κ3) is 2.34. The second-order valence-electron chi connectivity index (χ2n) is 3.39. The molecule has 1 fully saturated rings. The van der Waals surface area contributed by atoms with Crippen LogP contribution in [0.1, 0.15) is 6.42 Å². The van der Waals surface area contributed by atoms with Gasteiger partial charge in [0.2, 0.25) is 0 Å². The number of methoxy groups -OCH3 is 1. The molecule has 1 aliphatic heterocycles. The van der Waals surface area contributed by atoms with E-state index in [1.54, 1.807) is 5.06 Å². The van der Waals surface area contributed by atoms with Gasteiger partial charge in [0, 0.05) is 7.11 Å². The molecule has 0 aliphatic carbocycles. The molecule has 15 heavy (non-hydrogen) atoms. The zero-order valence-corrected chi connectivity index (χ0v) is 8.55. The summed E-state index contributed by atoms with van der Waals surface area (Å²) in [6.07, 6.45) is -0.147. The fourth-order valence-corrected chi connectivity index (χ4v) is 1.50. The molecule has 4 nitrogen and oxygen atoms in total. The van der Waals surface area contributed by atoms with Gasteiger partial charge in [0.25, 0.3) is 0 Å². The third-order valence-electron chi connectivity index (χ3n) is 2.27. The van der Waals surface area contributed by atoms with E-state index in [2.05, 4.69) is 0 Å². The molecule has 0 N–H and O–H groups in total. The molecular formula is C11H13NO3. The number of hydrogen-bond acceptors (Lipinski definition) is 4. The normalized spacial score (nSPS) is 21.8. The highest BCUT2D eigenvalue weighted by molar-refractivity contribution is 5.84. The topological polar surface area (TPSA) is 38.8 Å². The first-order chi connectivity index (χ1) is 7.29. The van der Waals surface area contributed by atoms with Crippen LogP contribution in [0.25, 0.3) is 0 Å². The molecule has 1 atom stereocenters. The van der Waals surface area contributed by atoms with Crippen LogP contribution in [0.4, 0.5) is 5.69 Å². The number of ether oxygens (including phenoxy) is 1. The first kappa shape index (κ1) is 10.1. The zero-order valence-electron chi connectivity index (χ0n) is 8.55. The summed E-state index contributed by atoms with van der Waals surface area (Å²) in [4.78, 5) is 16.9. The largest absolute Gasteiger partial charge is 0.353 e. The first-order valence-electron chi connectivity index (χ1n) is 4.83. The fraction of sp³-hybridized carbons (Fsp3) is 0.364. The number of ketones is 1. The summed E-state index contributed by atoms with van der Waals surface area (Å²) in [6.45, 7) is 0.282. The van der Waals surface area contributed by atoms with E-state index in [0.717, 1.165) is 5.69 Å². The van der Waals surface area contributed by atoms with Gasteiger partial charge in [0.05, 0.1) is 12.1 Å². The Hall–Kier alpha value is -1.39. The zero-order chi connectivity index (χ0) is 10.7.